The fraction of sp³-hybridized carbons (Fsp3) is 0.929. The number of unbranched alkanes of at least 4 members (excludes halogenated alkanes) is 6. The molecule has 0 N–H and O–H groups in total. The van der Waals surface area contributed by atoms with Gasteiger partial charge in [0, 0.05) is 6.42 Å². The molecule has 0 aromatic rings. The third-order valence-electron chi connectivity index (χ3n) is 3.18. The van der Waals surface area contributed by atoms with Crippen molar-refractivity contribution in [3.8, 4) is 0 Å². The number of rotatable bonds is 10. The van der Waals surface area contributed by atoms with Gasteiger partial charge in [0.05, 0.1) is 6.61 Å². The van der Waals surface area contributed by atoms with Crippen molar-refractivity contribution in [1.29, 1.82) is 0 Å². The Hall–Kier alpha value is -0.570. The van der Waals surface area contributed by atoms with E-state index in [-0.39, 0.29) is 18.2 Å². The maximum absolute atomic E-state index is 11.4. The molecule has 1 fully saturated rings. The Labute approximate surface area is 105 Å². The molecule has 0 spiro atoms. The van der Waals surface area contributed by atoms with E-state index in [0.717, 1.165) is 19.4 Å². The average Bonchev–Trinajstić information content (AvgIpc) is 3.11. The molecule has 0 aliphatic carbocycles. The largest absolute Gasteiger partial charge is 0.460 e. The summed E-state index contributed by atoms with van der Waals surface area (Å²) in [6.45, 7) is 4.87. The standard InChI is InChI=1S/C14H26O3/c1-3-4-5-6-7-8-9-10-14(15)17-12(2)13-11-16-13/h12-13H,3-11H2,1-2H3. The van der Waals surface area contributed by atoms with Crippen LogP contribution < -0.4 is 0 Å². The zero-order valence-corrected chi connectivity index (χ0v) is 11.2. The van der Waals surface area contributed by atoms with Gasteiger partial charge in [0.2, 0.25) is 0 Å². The lowest BCUT2D eigenvalue weighted by molar-refractivity contribution is -0.149. The molecule has 2 unspecified atom stereocenters. The first-order valence-electron chi connectivity index (χ1n) is 7.05. The zero-order chi connectivity index (χ0) is 12.5. The van der Waals surface area contributed by atoms with E-state index in [4.69, 9.17) is 9.47 Å². The minimum absolute atomic E-state index is 0.0629. The molecule has 3 heteroatoms. The van der Waals surface area contributed by atoms with Crippen LogP contribution >= 0.6 is 0 Å². The van der Waals surface area contributed by atoms with Crippen molar-refractivity contribution in [3.05, 3.63) is 0 Å². The maximum Gasteiger partial charge on any atom is 0.306 e. The molecule has 0 radical (unpaired) electrons. The molecular weight excluding hydrogens is 216 g/mol. The number of epoxide rings is 1. The molecule has 17 heavy (non-hydrogen) atoms. The van der Waals surface area contributed by atoms with Crippen molar-refractivity contribution in [1.82, 2.24) is 0 Å². The lowest BCUT2D eigenvalue weighted by Gasteiger charge is -2.10. The SMILES string of the molecule is CCCCCCCCCC(=O)OC(C)C1CO1. The van der Waals surface area contributed by atoms with Crippen LogP contribution in [0.1, 0.15) is 65.2 Å². The van der Waals surface area contributed by atoms with Gasteiger partial charge in [-0.15, -0.1) is 0 Å². The van der Waals surface area contributed by atoms with Crippen LogP contribution in [0.5, 0.6) is 0 Å². The molecular formula is C14H26O3. The van der Waals surface area contributed by atoms with Gasteiger partial charge in [0.15, 0.2) is 0 Å². The van der Waals surface area contributed by atoms with Gasteiger partial charge in [-0.2, -0.15) is 0 Å². The van der Waals surface area contributed by atoms with Gasteiger partial charge in [0.1, 0.15) is 12.2 Å². The molecule has 1 rings (SSSR count). The van der Waals surface area contributed by atoms with Crippen LogP contribution in [0.2, 0.25) is 0 Å². The quantitative estimate of drug-likeness (QED) is 0.334. The molecule has 1 aliphatic heterocycles. The van der Waals surface area contributed by atoms with Gasteiger partial charge < -0.3 is 9.47 Å². The third kappa shape index (κ3) is 7.37. The monoisotopic (exact) mass is 242 g/mol. The van der Waals surface area contributed by atoms with Crippen molar-refractivity contribution < 1.29 is 14.3 Å². The van der Waals surface area contributed by atoms with E-state index in [1.165, 1.54) is 32.1 Å². The Balaban J connectivity index is 1.86. The van der Waals surface area contributed by atoms with E-state index < -0.39 is 0 Å². The number of carbonyl (C=O) groups excluding carboxylic acids is 1. The summed E-state index contributed by atoms with van der Waals surface area (Å²) in [6, 6.07) is 0. The van der Waals surface area contributed by atoms with E-state index in [9.17, 15) is 4.79 Å². The van der Waals surface area contributed by atoms with Crippen LogP contribution in [0.3, 0.4) is 0 Å². The molecule has 100 valence electrons. The predicted octanol–water partition coefficient (Wildman–Crippen LogP) is 3.46. The second kappa shape index (κ2) is 8.51. The second-order valence-electron chi connectivity index (χ2n) is 4.94. The Morgan fingerprint density at radius 3 is 2.41 bits per heavy atom. The summed E-state index contributed by atoms with van der Waals surface area (Å²) in [5.41, 5.74) is 0. The Bertz CT molecular complexity index is 212. The van der Waals surface area contributed by atoms with Gasteiger partial charge in [-0.3, -0.25) is 4.79 Å². The highest BCUT2D eigenvalue weighted by Gasteiger charge is 2.31. The second-order valence-corrected chi connectivity index (χ2v) is 4.94. The molecule has 0 amide bonds. The average molecular weight is 242 g/mol. The molecule has 0 aromatic heterocycles. The number of esters is 1. The Morgan fingerprint density at radius 1 is 1.24 bits per heavy atom. The van der Waals surface area contributed by atoms with Crippen molar-refractivity contribution in [2.45, 2.75) is 77.4 Å². The van der Waals surface area contributed by atoms with Crippen LogP contribution in [0, 0.1) is 0 Å². The summed E-state index contributed by atoms with van der Waals surface area (Å²) in [7, 11) is 0. The lowest BCUT2D eigenvalue weighted by atomic mass is 10.1. The topological polar surface area (TPSA) is 38.8 Å². The molecule has 1 aliphatic rings. The van der Waals surface area contributed by atoms with Gasteiger partial charge in [-0.1, -0.05) is 45.4 Å². The summed E-state index contributed by atoms with van der Waals surface area (Å²) < 4.78 is 10.3. The Kier molecular flexibility index (Phi) is 7.25. The molecule has 0 saturated carbocycles. The van der Waals surface area contributed by atoms with Gasteiger partial charge in [-0.05, 0) is 13.3 Å². The molecule has 1 heterocycles. The van der Waals surface area contributed by atoms with Crippen LogP contribution in [0.15, 0.2) is 0 Å². The smallest absolute Gasteiger partial charge is 0.306 e. The predicted molar refractivity (Wildman–Crippen MR) is 67.9 cm³/mol. The van der Waals surface area contributed by atoms with Gasteiger partial charge in [-0.25, -0.2) is 0 Å². The van der Waals surface area contributed by atoms with Crippen molar-refractivity contribution in [3.63, 3.8) is 0 Å². The Morgan fingerprint density at radius 2 is 1.82 bits per heavy atom. The lowest BCUT2D eigenvalue weighted by Crippen LogP contribution is -2.19. The normalized spacial score (nSPS) is 20.0. The highest BCUT2D eigenvalue weighted by atomic mass is 16.6. The van der Waals surface area contributed by atoms with E-state index in [1.807, 2.05) is 6.92 Å². The van der Waals surface area contributed by atoms with E-state index >= 15 is 0 Å². The summed E-state index contributed by atoms with van der Waals surface area (Å²) in [5.74, 6) is -0.0680. The van der Waals surface area contributed by atoms with E-state index in [1.54, 1.807) is 0 Å². The summed E-state index contributed by atoms with van der Waals surface area (Å²) in [5, 5.41) is 0. The van der Waals surface area contributed by atoms with Crippen LogP contribution in [-0.2, 0) is 14.3 Å². The van der Waals surface area contributed by atoms with Crippen molar-refractivity contribution >= 4 is 5.97 Å². The highest BCUT2D eigenvalue weighted by Crippen LogP contribution is 2.17. The van der Waals surface area contributed by atoms with Crippen LogP contribution in [0.4, 0.5) is 0 Å². The van der Waals surface area contributed by atoms with Crippen LogP contribution in [-0.4, -0.2) is 24.8 Å². The van der Waals surface area contributed by atoms with Crippen molar-refractivity contribution in [2.24, 2.45) is 0 Å². The maximum atomic E-state index is 11.4. The molecule has 1 saturated heterocycles. The first kappa shape index (κ1) is 14.5. The first-order chi connectivity index (χ1) is 8.24. The van der Waals surface area contributed by atoms with Gasteiger partial charge >= 0.3 is 5.97 Å². The fourth-order valence-corrected chi connectivity index (χ4v) is 1.90. The first-order valence-corrected chi connectivity index (χ1v) is 7.05. The summed E-state index contributed by atoms with van der Waals surface area (Å²) in [6.07, 6.45) is 9.26. The van der Waals surface area contributed by atoms with Crippen LogP contribution in [0.25, 0.3) is 0 Å². The van der Waals surface area contributed by atoms with Gasteiger partial charge in [0.25, 0.3) is 0 Å². The van der Waals surface area contributed by atoms with E-state index in [2.05, 4.69) is 6.92 Å². The fourth-order valence-electron chi connectivity index (χ4n) is 1.90. The molecule has 0 bridgehead atoms. The summed E-state index contributed by atoms with van der Waals surface area (Å²) in [4.78, 5) is 11.4. The van der Waals surface area contributed by atoms with Crippen molar-refractivity contribution in [2.75, 3.05) is 6.61 Å². The number of hydrogen-bond acceptors (Lipinski definition) is 3. The molecule has 2 atom stereocenters. The minimum Gasteiger partial charge on any atom is -0.460 e. The zero-order valence-electron chi connectivity index (χ0n) is 11.2. The minimum atomic E-state index is -0.0680. The highest BCUT2D eigenvalue weighted by molar-refractivity contribution is 5.69. The number of ether oxygens (including phenoxy) is 2. The third-order valence-corrected chi connectivity index (χ3v) is 3.18. The van der Waals surface area contributed by atoms with E-state index in [0.29, 0.717) is 6.42 Å². The number of hydrogen-bond donors (Lipinski definition) is 0. The molecule has 0 aromatic carbocycles. The summed E-state index contributed by atoms with van der Waals surface area (Å²) >= 11 is 0. The number of carbonyl (C=O) groups is 1. The molecule has 3 nitrogen and oxygen atoms in total.